The number of methoxy groups -OCH3 is 2. The summed E-state index contributed by atoms with van der Waals surface area (Å²) in [5.74, 6) is 1.11. The number of amides is 1. The average Bonchev–Trinajstić information content (AvgIpc) is 2.69. The highest BCUT2D eigenvalue weighted by Crippen LogP contribution is 2.35. The molecule has 1 N–H and O–H groups in total. The lowest BCUT2D eigenvalue weighted by atomic mass is 10.1. The van der Waals surface area contributed by atoms with Crippen LogP contribution in [-0.4, -0.2) is 47.4 Å². The predicted octanol–water partition coefficient (Wildman–Crippen LogP) is 1.86. The van der Waals surface area contributed by atoms with Gasteiger partial charge in [0.25, 0.3) is 5.91 Å². The van der Waals surface area contributed by atoms with Gasteiger partial charge in [-0.1, -0.05) is 12.1 Å². The Morgan fingerprint density at radius 1 is 1.17 bits per heavy atom. The summed E-state index contributed by atoms with van der Waals surface area (Å²) >= 11 is 0. The van der Waals surface area contributed by atoms with Crippen molar-refractivity contribution in [2.45, 2.75) is 19.6 Å². The highest BCUT2D eigenvalue weighted by Gasteiger charge is 2.34. The first-order chi connectivity index (χ1) is 13.7. The van der Waals surface area contributed by atoms with E-state index < -0.39 is 22.0 Å². The maximum absolute atomic E-state index is 12.7. The molecule has 0 saturated carbocycles. The van der Waals surface area contributed by atoms with Gasteiger partial charge in [-0.05, 0) is 42.3 Å². The SMILES string of the molecule is COc1ccc(CNC(=O)[C@H]2CN(S(C)(=O)=O)c3ccc(C)cc3O2)cc1OC. The fourth-order valence-electron chi connectivity index (χ4n) is 3.11. The van der Waals surface area contributed by atoms with Crippen molar-refractivity contribution in [2.24, 2.45) is 0 Å². The molecule has 0 aliphatic carbocycles. The number of carbonyl (C=O) groups is 1. The molecule has 0 unspecified atom stereocenters. The van der Waals surface area contributed by atoms with Gasteiger partial charge in [0.15, 0.2) is 17.6 Å². The highest BCUT2D eigenvalue weighted by molar-refractivity contribution is 7.92. The Bertz CT molecular complexity index is 1020. The second kappa shape index (κ2) is 8.20. The lowest BCUT2D eigenvalue weighted by molar-refractivity contribution is -0.127. The number of aryl methyl sites for hydroxylation is 1. The molecule has 1 heterocycles. The Morgan fingerprint density at radius 2 is 1.90 bits per heavy atom. The zero-order chi connectivity index (χ0) is 21.2. The molecule has 1 aliphatic rings. The molecule has 0 bridgehead atoms. The number of anilines is 1. The molecule has 1 atom stereocenters. The van der Waals surface area contributed by atoms with E-state index in [9.17, 15) is 13.2 Å². The Morgan fingerprint density at radius 3 is 2.55 bits per heavy atom. The second-order valence-corrected chi connectivity index (χ2v) is 8.69. The predicted molar refractivity (Wildman–Crippen MR) is 109 cm³/mol. The summed E-state index contributed by atoms with van der Waals surface area (Å²) in [4.78, 5) is 12.7. The monoisotopic (exact) mass is 420 g/mol. The van der Waals surface area contributed by atoms with Crippen LogP contribution in [0.25, 0.3) is 0 Å². The molecule has 9 heteroatoms. The molecular formula is C20H24N2O6S. The van der Waals surface area contributed by atoms with Crippen LogP contribution in [0.5, 0.6) is 17.2 Å². The van der Waals surface area contributed by atoms with Crippen LogP contribution in [0.1, 0.15) is 11.1 Å². The number of nitrogens with zero attached hydrogens (tertiary/aromatic N) is 1. The third-order valence-electron chi connectivity index (χ3n) is 4.59. The number of nitrogens with one attached hydrogen (secondary N) is 1. The topological polar surface area (TPSA) is 94.2 Å². The van der Waals surface area contributed by atoms with Crippen LogP contribution in [0.2, 0.25) is 0 Å². The number of ether oxygens (including phenoxy) is 3. The van der Waals surface area contributed by atoms with E-state index in [4.69, 9.17) is 14.2 Å². The largest absolute Gasteiger partial charge is 0.493 e. The van der Waals surface area contributed by atoms with Gasteiger partial charge in [0.1, 0.15) is 5.75 Å². The summed E-state index contributed by atoms with van der Waals surface area (Å²) in [6, 6.07) is 10.5. The molecule has 1 aliphatic heterocycles. The quantitative estimate of drug-likeness (QED) is 0.767. The molecule has 29 heavy (non-hydrogen) atoms. The fourth-order valence-corrected chi connectivity index (χ4v) is 4.02. The van der Waals surface area contributed by atoms with E-state index in [1.165, 1.54) is 11.4 Å². The van der Waals surface area contributed by atoms with Gasteiger partial charge in [0, 0.05) is 6.54 Å². The van der Waals surface area contributed by atoms with E-state index in [0.717, 1.165) is 17.4 Å². The summed E-state index contributed by atoms with van der Waals surface area (Å²) in [7, 11) is -0.474. The number of benzene rings is 2. The Labute approximate surface area is 170 Å². The summed E-state index contributed by atoms with van der Waals surface area (Å²) in [6.07, 6.45) is 0.153. The van der Waals surface area contributed by atoms with Crippen LogP contribution in [0.4, 0.5) is 5.69 Å². The van der Waals surface area contributed by atoms with Crippen molar-refractivity contribution in [3.63, 3.8) is 0 Å². The van der Waals surface area contributed by atoms with Crippen molar-refractivity contribution in [2.75, 3.05) is 31.3 Å². The summed E-state index contributed by atoms with van der Waals surface area (Å²) < 4.78 is 41.9. The first kappa shape index (κ1) is 20.8. The normalized spacial score (nSPS) is 15.9. The molecule has 8 nitrogen and oxygen atoms in total. The van der Waals surface area contributed by atoms with Crippen LogP contribution in [0.3, 0.4) is 0 Å². The van der Waals surface area contributed by atoms with Crippen molar-refractivity contribution in [1.82, 2.24) is 5.32 Å². The van der Waals surface area contributed by atoms with Gasteiger partial charge in [-0.2, -0.15) is 0 Å². The average molecular weight is 420 g/mol. The number of fused-ring (bicyclic) bond motifs is 1. The van der Waals surface area contributed by atoms with E-state index in [-0.39, 0.29) is 13.1 Å². The molecule has 0 aromatic heterocycles. The molecule has 2 aromatic rings. The summed E-state index contributed by atoms with van der Waals surface area (Å²) in [5.41, 5.74) is 2.15. The maximum Gasteiger partial charge on any atom is 0.263 e. The molecule has 0 saturated heterocycles. The van der Waals surface area contributed by atoms with Crippen LogP contribution >= 0.6 is 0 Å². The Hall–Kier alpha value is -2.94. The number of sulfonamides is 1. The third kappa shape index (κ3) is 4.56. The van der Waals surface area contributed by atoms with Crippen LogP contribution in [-0.2, 0) is 21.4 Å². The van der Waals surface area contributed by atoms with E-state index in [1.807, 2.05) is 13.0 Å². The molecule has 3 rings (SSSR count). The van der Waals surface area contributed by atoms with Gasteiger partial charge >= 0.3 is 0 Å². The Kier molecular flexibility index (Phi) is 5.88. The lowest BCUT2D eigenvalue weighted by Crippen LogP contribution is -2.50. The maximum atomic E-state index is 12.7. The Balaban J connectivity index is 1.76. The van der Waals surface area contributed by atoms with Crippen LogP contribution in [0.15, 0.2) is 36.4 Å². The molecule has 0 radical (unpaired) electrons. The van der Waals surface area contributed by atoms with Crippen molar-refractivity contribution in [3.8, 4) is 17.2 Å². The number of hydrogen-bond acceptors (Lipinski definition) is 6. The van der Waals surface area contributed by atoms with Gasteiger partial charge in [0.2, 0.25) is 10.0 Å². The molecule has 1 amide bonds. The van der Waals surface area contributed by atoms with Crippen LogP contribution < -0.4 is 23.8 Å². The number of hydrogen-bond donors (Lipinski definition) is 1. The van der Waals surface area contributed by atoms with Gasteiger partial charge < -0.3 is 19.5 Å². The summed E-state index contributed by atoms with van der Waals surface area (Å²) in [5, 5.41) is 2.79. The highest BCUT2D eigenvalue weighted by atomic mass is 32.2. The van der Waals surface area contributed by atoms with Gasteiger partial charge in [-0.15, -0.1) is 0 Å². The lowest BCUT2D eigenvalue weighted by Gasteiger charge is -2.34. The van der Waals surface area contributed by atoms with Gasteiger partial charge in [0.05, 0.1) is 32.7 Å². The van der Waals surface area contributed by atoms with Crippen molar-refractivity contribution < 1.29 is 27.4 Å². The molecule has 0 fully saturated rings. The van der Waals surface area contributed by atoms with E-state index in [2.05, 4.69) is 5.32 Å². The van der Waals surface area contributed by atoms with Crippen molar-refractivity contribution in [3.05, 3.63) is 47.5 Å². The smallest absolute Gasteiger partial charge is 0.263 e. The molecule has 156 valence electrons. The third-order valence-corrected chi connectivity index (χ3v) is 5.74. The van der Waals surface area contributed by atoms with Gasteiger partial charge in [-0.25, -0.2) is 8.42 Å². The van der Waals surface area contributed by atoms with E-state index in [0.29, 0.717) is 22.9 Å². The second-order valence-electron chi connectivity index (χ2n) is 6.78. The minimum atomic E-state index is -3.56. The minimum Gasteiger partial charge on any atom is -0.493 e. The van der Waals surface area contributed by atoms with Crippen molar-refractivity contribution in [1.29, 1.82) is 0 Å². The number of carbonyl (C=O) groups excluding carboxylic acids is 1. The summed E-state index contributed by atoms with van der Waals surface area (Å²) in [6.45, 7) is 2.01. The minimum absolute atomic E-state index is 0.0906. The zero-order valence-corrected chi connectivity index (χ0v) is 17.6. The zero-order valence-electron chi connectivity index (χ0n) is 16.8. The molecular weight excluding hydrogens is 396 g/mol. The fraction of sp³-hybridized carbons (Fsp3) is 0.350. The standard InChI is InChI=1S/C20H24N2O6S/c1-13-5-7-15-17(9-13)28-19(12-22(15)29(4,24)25)20(23)21-11-14-6-8-16(26-2)18(10-14)27-3/h5-10,19H,11-12H2,1-4H3,(H,21,23)/t19-/m1/s1. The first-order valence-electron chi connectivity index (χ1n) is 8.96. The molecule has 2 aromatic carbocycles. The molecule has 0 spiro atoms. The first-order valence-corrected chi connectivity index (χ1v) is 10.8. The van der Waals surface area contributed by atoms with E-state index in [1.54, 1.807) is 37.4 Å². The number of rotatable bonds is 6. The van der Waals surface area contributed by atoms with Gasteiger partial charge in [-0.3, -0.25) is 9.10 Å². The van der Waals surface area contributed by atoms with E-state index >= 15 is 0 Å². The van der Waals surface area contributed by atoms with Crippen LogP contribution in [0, 0.1) is 6.92 Å². The van der Waals surface area contributed by atoms with Crippen molar-refractivity contribution >= 4 is 21.6 Å².